The fraction of sp³-hybridized carbons (Fsp3) is 0.769. The molecule has 100 valence electrons. The molecule has 1 aliphatic carbocycles. The zero-order chi connectivity index (χ0) is 13.4. The second-order valence-corrected chi connectivity index (χ2v) is 5.50. The molecule has 1 saturated heterocycles. The highest BCUT2D eigenvalue weighted by atomic mass is 16.4. The van der Waals surface area contributed by atoms with E-state index in [2.05, 4.69) is 6.92 Å². The quantitative estimate of drug-likeness (QED) is 0.766. The predicted molar refractivity (Wildman–Crippen MR) is 63.6 cm³/mol. The fourth-order valence-corrected chi connectivity index (χ4v) is 3.28. The third-order valence-corrected chi connectivity index (χ3v) is 4.15. The number of amides is 2. The van der Waals surface area contributed by atoms with Gasteiger partial charge in [-0.3, -0.25) is 19.3 Å². The van der Waals surface area contributed by atoms with E-state index in [-0.39, 0.29) is 30.1 Å². The molecule has 2 amide bonds. The Morgan fingerprint density at radius 3 is 2.22 bits per heavy atom. The van der Waals surface area contributed by atoms with Crippen molar-refractivity contribution in [2.24, 2.45) is 17.8 Å². The van der Waals surface area contributed by atoms with Crippen molar-refractivity contribution in [2.45, 2.75) is 45.6 Å². The number of carboxylic acids is 1. The number of nitrogens with zero attached hydrogens (tertiary/aromatic N) is 1. The molecule has 1 N–H and O–H groups in total. The lowest BCUT2D eigenvalue weighted by Crippen LogP contribution is -2.42. The lowest BCUT2D eigenvalue weighted by atomic mass is 10.00. The Balaban J connectivity index is 2.18. The van der Waals surface area contributed by atoms with Crippen molar-refractivity contribution >= 4 is 17.8 Å². The summed E-state index contributed by atoms with van der Waals surface area (Å²) < 4.78 is 0. The first-order valence-electron chi connectivity index (χ1n) is 6.54. The smallest absolute Gasteiger partial charge is 0.305 e. The first kappa shape index (κ1) is 13.1. The van der Waals surface area contributed by atoms with Gasteiger partial charge >= 0.3 is 5.97 Å². The lowest BCUT2D eigenvalue weighted by molar-refractivity contribution is -0.146. The minimum atomic E-state index is -0.965. The summed E-state index contributed by atoms with van der Waals surface area (Å²) in [5.41, 5.74) is 0. The van der Waals surface area contributed by atoms with Crippen molar-refractivity contribution in [3.63, 3.8) is 0 Å². The van der Waals surface area contributed by atoms with E-state index >= 15 is 0 Å². The van der Waals surface area contributed by atoms with Crippen LogP contribution in [-0.2, 0) is 14.4 Å². The van der Waals surface area contributed by atoms with E-state index in [1.807, 2.05) is 6.92 Å². The Bertz CT molecular complexity index is 368. The van der Waals surface area contributed by atoms with Crippen LogP contribution >= 0.6 is 0 Å². The van der Waals surface area contributed by atoms with Gasteiger partial charge in [-0.2, -0.15) is 0 Å². The molecule has 2 rings (SSSR count). The summed E-state index contributed by atoms with van der Waals surface area (Å²) in [6.07, 6.45) is 1.87. The maximum atomic E-state index is 12.2. The van der Waals surface area contributed by atoms with Gasteiger partial charge in [-0.1, -0.05) is 13.8 Å². The molecule has 2 fully saturated rings. The van der Waals surface area contributed by atoms with Crippen LogP contribution in [0.4, 0.5) is 0 Å². The SMILES string of the molecule is CCC(CC(=O)O)N1C(=O)C2CC(C)CC2C1=O. The van der Waals surface area contributed by atoms with Gasteiger partial charge < -0.3 is 5.11 Å². The minimum absolute atomic E-state index is 0.150. The van der Waals surface area contributed by atoms with Gasteiger partial charge in [-0.25, -0.2) is 0 Å². The molecular formula is C13H19NO4. The first-order chi connectivity index (χ1) is 8.45. The molecule has 0 spiro atoms. The van der Waals surface area contributed by atoms with E-state index < -0.39 is 12.0 Å². The molecule has 5 heteroatoms. The zero-order valence-electron chi connectivity index (χ0n) is 10.8. The lowest BCUT2D eigenvalue weighted by Gasteiger charge is -2.25. The molecular weight excluding hydrogens is 234 g/mol. The van der Waals surface area contributed by atoms with Crippen LogP contribution in [0.5, 0.6) is 0 Å². The summed E-state index contributed by atoms with van der Waals surface area (Å²) in [5.74, 6) is -1.25. The third-order valence-electron chi connectivity index (χ3n) is 4.15. The van der Waals surface area contributed by atoms with Crippen LogP contribution in [0.3, 0.4) is 0 Å². The molecule has 3 unspecified atom stereocenters. The summed E-state index contributed by atoms with van der Waals surface area (Å²) in [7, 11) is 0. The molecule has 5 nitrogen and oxygen atoms in total. The third kappa shape index (κ3) is 2.02. The molecule has 0 aromatic carbocycles. The van der Waals surface area contributed by atoms with Crippen LogP contribution in [0.25, 0.3) is 0 Å². The molecule has 0 radical (unpaired) electrons. The highest BCUT2D eigenvalue weighted by molar-refractivity contribution is 6.06. The molecule has 3 atom stereocenters. The van der Waals surface area contributed by atoms with Crippen LogP contribution < -0.4 is 0 Å². The molecule has 1 heterocycles. The van der Waals surface area contributed by atoms with Gasteiger partial charge in [-0.05, 0) is 25.2 Å². The number of carbonyl (C=O) groups excluding carboxylic acids is 2. The summed E-state index contributed by atoms with van der Waals surface area (Å²) in [6.45, 7) is 3.86. The van der Waals surface area contributed by atoms with E-state index in [9.17, 15) is 14.4 Å². The highest BCUT2D eigenvalue weighted by Gasteiger charge is 2.53. The number of hydrogen-bond donors (Lipinski definition) is 1. The van der Waals surface area contributed by atoms with E-state index in [4.69, 9.17) is 5.11 Å². The van der Waals surface area contributed by atoms with Gasteiger partial charge in [0.15, 0.2) is 0 Å². The molecule has 2 aliphatic rings. The molecule has 0 bridgehead atoms. The summed E-state index contributed by atoms with van der Waals surface area (Å²) >= 11 is 0. The average molecular weight is 253 g/mol. The Labute approximate surface area is 106 Å². The van der Waals surface area contributed by atoms with Crippen molar-refractivity contribution < 1.29 is 19.5 Å². The van der Waals surface area contributed by atoms with Gasteiger partial charge in [-0.15, -0.1) is 0 Å². The number of aliphatic carboxylic acids is 1. The van der Waals surface area contributed by atoms with E-state index in [0.29, 0.717) is 12.3 Å². The van der Waals surface area contributed by atoms with Crippen LogP contribution in [0.2, 0.25) is 0 Å². The number of carbonyl (C=O) groups is 3. The second kappa shape index (κ2) is 4.71. The van der Waals surface area contributed by atoms with Gasteiger partial charge in [0.25, 0.3) is 0 Å². The Morgan fingerprint density at radius 2 is 1.83 bits per heavy atom. The van der Waals surface area contributed by atoms with Crippen LogP contribution in [0, 0.1) is 17.8 Å². The Morgan fingerprint density at radius 1 is 1.33 bits per heavy atom. The summed E-state index contributed by atoms with van der Waals surface area (Å²) in [5, 5.41) is 8.84. The molecule has 1 saturated carbocycles. The summed E-state index contributed by atoms with van der Waals surface area (Å²) in [4.78, 5) is 36.5. The maximum absolute atomic E-state index is 12.2. The van der Waals surface area contributed by atoms with Crippen LogP contribution in [0.1, 0.15) is 39.5 Å². The van der Waals surface area contributed by atoms with Gasteiger partial charge in [0.05, 0.1) is 18.3 Å². The number of hydrogen-bond acceptors (Lipinski definition) is 3. The number of carboxylic acid groups (broad SMARTS) is 1. The van der Waals surface area contributed by atoms with Crippen molar-refractivity contribution in [3.05, 3.63) is 0 Å². The fourth-order valence-electron chi connectivity index (χ4n) is 3.28. The maximum Gasteiger partial charge on any atom is 0.305 e. The Hall–Kier alpha value is -1.39. The number of fused-ring (bicyclic) bond motifs is 1. The van der Waals surface area contributed by atoms with Crippen molar-refractivity contribution in [3.8, 4) is 0 Å². The minimum Gasteiger partial charge on any atom is -0.481 e. The van der Waals surface area contributed by atoms with Gasteiger partial charge in [0.2, 0.25) is 11.8 Å². The Kier molecular flexibility index (Phi) is 3.41. The number of imide groups is 1. The van der Waals surface area contributed by atoms with Gasteiger partial charge in [0.1, 0.15) is 0 Å². The van der Waals surface area contributed by atoms with E-state index in [1.165, 1.54) is 4.90 Å². The summed E-state index contributed by atoms with van der Waals surface area (Å²) in [6, 6.07) is -0.483. The predicted octanol–water partition coefficient (Wildman–Crippen LogP) is 1.27. The van der Waals surface area contributed by atoms with Crippen LogP contribution in [-0.4, -0.2) is 33.8 Å². The number of rotatable bonds is 4. The highest BCUT2D eigenvalue weighted by Crippen LogP contribution is 2.43. The molecule has 1 aliphatic heterocycles. The normalized spacial score (nSPS) is 32.8. The standard InChI is InChI=1S/C13H19NO4/c1-3-8(6-11(15)16)14-12(17)9-4-7(2)5-10(9)13(14)18/h7-10H,3-6H2,1-2H3,(H,15,16). The van der Waals surface area contributed by atoms with E-state index in [1.54, 1.807) is 0 Å². The average Bonchev–Trinajstić information content (AvgIpc) is 2.77. The topological polar surface area (TPSA) is 74.7 Å². The first-order valence-corrected chi connectivity index (χ1v) is 6.54. The molecule has 0 aromatic rings. The number of likely N-dealkylation sites (tertiary alicyclic amines) is 1. The molecule has 0 aromatic heterocycles. The van der Waals surface area contributed by atoms with Crippen LogP contribution in [0.15, 0.2) is 0 Å². The monoisotopic (exact) mass is 253 g/mol. The largest absolute Gasteiger partial charge is 0.481 e. The van der Waals surface area contributed by atoms with Crippen molar-refractivity contribution in [1.29, 1.82) is 0 Å². The van der Waals surface area contributed by atoms with Gasteiger partial charge in [0, 0.05) is 6.04 Å². The van der Waals surface area contributed by atoms with Crippen molar-refractivity contribution in [2.75, 3.05) is 0 Å². The zero-order valence-corrected chi connectivity index (χ0v) is 10.8. The molecule has 18 heavy (non-hydrogen) atoms. The van der Waals surface area contributed by atoms with E-state index in [0.717, 1.165) is 12.8 Å². The van der Waals surface area contributed by atoms with Crippen molar-refractivity contribution in [1.82, 2.24) is 4.90 Å². The second-order valence-electron chi connectivity index (χ2n) is 5.50.